The van der Waals surface area contributed by atoms with Crippen molar-refractivity contribution in [1.29, 1.82) is 0 Å². The fourth-order valence-corrected chi connectivity index (χ4v) is 9.97. The molecule has 0 N–H and O–H groups in total. The van der Waals surface area contributed by atoms with Crippen LogP contribution < -0.4 is 4.90 Å². The molecule has 0 radical (unpaired) electrons. The second-order valence-corrected chi connectivity index (χ2v) is 16.8. The Morgan fingerprint density at radius 3 is 1.34 bits per heavy atom. The first-order valence-electron chi connectivity index (χ1n) is 22.4. The second kappa shape index (κ2) is 16.3. The van der Waals surface area contributed by atoms with Gasteiger partial charge in [0.15, 0.2) is 0 Å². The SMILES string of the molecule is c1ccc(-c2ccc(N(c3cccc(-c4ccc5ccccc5c4)c3)c3cccc(-c4ccc5c(c4)c(-c4ccccc4)c(-c4ccccc4)c4ccccc45)c3)c3ccccc23)cc1. The van der Waals surface area contributed by atoms with Gasteiger partial charge >= 0.3 is 0 Å². The van der Waals surface area contributed by atoms with Gasteiger partial charge < -0.3 is 4.90 Å². The van der Waals surface area contributed by atoms with Crippen molar-refractivity contribution in [3.63, 3.8) is 0 Å². The molecule has 0 saturated carbocycles. The van der Waals surface area contributed by atoms with Crippen LogP contribution in [0.3, 0.4) is 0 Å². The van der Waals surface area contributed by atoms with Crippen molar-refractivity contribution in [2.24, 2.45) is 0 Å². The quantitative estimate of drug-likeness (QED) is 0.138. The fourth-order valence-electron chi connectivity index (χ4n) is 9.97. The minimum Gasteiger partial charge on any atom is -0.310 e. The van der Waals surface area contributed by atoms with E-state index in [0.717, 1.165) is 22.6 Å². The van der Waals surface area contributed by atoms with Crippen LogP contribution in [-0.4, -0.2) is 0 Å². The number of benzene rings is 12. The van der Waals surface area contributed by atoms with E-state index >= 15 is 0 Å². The smallest absolute Gasteiger partial charge is 0.0540 e. The summed E-state index contributed by atoms with van der Waals surface area (Å²) in [5, 5.41) is 9.87. The van der Waals surface area contributed by atoms with E-state index < -0.39 is 0 Å². The van der Waals surface area contributed by atoms with Gasteiger partial charge in [0.1, 0.15) is 0 Å². The van der Waals surface area contributed by atoms with Crippen molar-refractivity contribution in [2.75, 3.05) is 4.90 Å². The highest BCUT2D eigenvalue weighted by atomic mass is 15.1. The topological polar surface area (TPSA) is 3.24 Å². The van der Waals surface area contributed by atoms with E-state index in [9.17, 15) is 0 Å². The lowest BCUT2D eigenvalue weighted by Crippen LogP contribution is -2.11. The number of hydrogen-bond acceptors (Lipinski definition) is 1. The van der Waals surface area contributed by atoms with E-state index in [1.165, 1.54) is 93.2 Å². The number of hydrogen-bond donors (Lipinski definition) is 0. The Morgan fingerprint density at radius 2 is 0.677 bits per heavy atom. The number of fused-ring (bicyclic) bond motifs is 5. The van der Waals surface area contributed by atoms with Gasteiger partial charge in [-0.15, -0.1) is 0 Å². The summed E-state index contributed by atoms with van der Waals surface area (Å²) in [7, 11) is 0. The van der Waals surface area contributed by atoms with Gasteiger partial charge in [-0.25, -0.2) is 0 Å². The van der Waals surface area contributed by atoms with Gasteiger partial charge in [-0.3, -0.25) is 0 Å². The predicted molar refractivity (Wildman–Crippen MR) is 278 cm³/mol. The van der Waals surface area contributed by atoms with Crippen molar-refractivity contribution in [3.8, 4) is 55.6 Å². The summed E-state index contributed by atoms with van der Waals surface area (Å²) < 4.78 is 0. The summed E-state index contributed by atoms with van der Waals surface area (Å²) in [5.41, 5.74) is 15.3. The summed E-state index contributed by atoms with van der Waals surface area (Å²) in [6.07, 6.45) is 0. The molecular formula is C64H43N. The molecule has 0 fully saturated rings. The molecule has 0 bridgehead atoms. The van der Waals surface area contributed by atoms with E-state index in [-0.39, 0.29) is 0 Å². The molecule has 0 heterocycles. The minimum absolute atomic E-state index is 1.09. The molecule has 0 unspecified atom stereocenters. The largest absolute Gasteiger partial charge is 0.310 e. The van der Waals surface area contributed by atoms with Crippen LogP contribution in [0.1, 0.15) is 0 Å². The maximum Gasteiger partial charge on any atom is 0.0540 e. The third kappa shape index (κ3) is 6.92. The third-order valence-corrected chi connectivity index (χ3v) is 13.0. The molecule has 0 aromatic heterocycles. The van der Waals surface area contributed by atoms with Crippen molar-refractivity contribution in [1.82, 2.24) is 0 Å². The molecular weight excluding hydrogens is 783 g/mol. The molecule has 304 valence electrons. The molecule has 12 aromatic rings. The first kappa shape index (κ1) is 38.2. The molecule has 65 heavy (non-hydrogen) atoms. The van der Waals surface area contributed by atoms with Crippen molar-refractivity contribution >= 4 is 60.2 Å². The first-order valence-corrected chi connectivity index (χ1v) is 22.4. The van der Waals surface area contributed by atoms with E-state index in [4.69, 9.17) is 0 Å². The standard InChI is InChI=1S/C64H43N/c1-4-19-45(20-5-1)55-38-39-62(59-32-14-12-30-56(55)59)65(53-28-16-26-49(41-53)51-35-34-44-18-10-11-25-48(44)40-51)54-29-17-27-50(42-54)52-36-37-58-57-31-13-15-33-60(57)63(46-21-6-2-7-22-46)64(61(58)43-52)47-23-8-3-9-24-47/h1-43H. The highest BCUT2D eigenvalue weighted by Gasteiger charge is 2.21. The lowest BCUT2D eigenvalue weighted by atomic mass is 9.84. The van der Waals surface area contributed by atoms with Crippen LogP contribution in [0.4, 0.5) is 17.1 Å². The highest BCUT2D eigenvalue weighted by molar-refractivity contribution is 6.22. The lowest BCUT2D eigenvalue weighted by molar-refractivity contribution is 1.30. The van der Waals surface area contributed by atoms with Gasteiger partial charge in [-0.2, -0.15) is 0 Å². The van der Waals surface area contributed by atoms with Crippen LogP contribution in [0.15, 0.2) is 261 Å². The normalized spacial score (nSPS) is 11.4. The molecule has 0 aliphatic heterocycles. The van der Waals surface area contributed by atoms with Gasteiger partial charge in [0.25, 0.3) is 0 Å². The monoisotopic (exact) mass is 825 g/mol. The Hall–Kier alpha value is -8.52. The zero-order valence-corrected chi connectivity index (χ0v) is 35.8. The lowest BCUT2D eigenvalue weighted by Gasteiger charge is -2.28. The van der Waals surface area contributed by atoms with E-state index in [1.54, 1.807) is 0 Å². The molecule has 0 atom stereocenters. The summed E-state index contributed by atoms with van der Waals surface area (Å²) in [4.78, 5) is 2.45. The van der Waals surface area contributed by atoms with Crippen molar-refractivity contribution in [2.45, 2.75) is 0 Å². The second-order valence-electron chi connectivity index (χ2n) is 16.8. The molecule has 0 aliphatic carbocycles. The zero-order chi connectivity index (χ0) is 43.1. The van der Waals surface area contributed by atoms with Crippen LogP contribution >= 0.6 is 0 Å². The molecule has 0 aliphatic rings. The summed E-state index contributed by atoms with van der Waals surface area (Å²) in [6, 6.07) is 95.4. The molecule has 0 saturated heterocycles. The van der Waals surface area contributed by atoms with Crippen molar-refractivity contribution in [3.05, 3.63) is 261 Å². The van der Waals surface area contributed by atoms with E-state index in [1.807, 2.05) is 0 Å². The van der Waals surface area contributed by atoms with Crippen LogP contribution in [-0.2, 0) is 0 Å². The molecule has 0 spiro atoms. The third-order valence-electron chi connectivity index (χ3n) is 13.0. The van der Waals surface area contributed by atoms with E-state index in [0.29, 0.717) is 0 Å². The Kier molecular flexibility index (Phi) is 9.58. The maximum absolute atomic E-state index is 2.45. The van der Waals surface area contributed by atoms with E-state index in [2.05, 4.69) is 266 Å². The summed E-state index contributed by atoms with van der Waals surface area (Å²) >= 11 is 0. The van der Waals surface area contributed by atoms with Crippen LogP contribution in [0.25, 0.3) is 98.7 Å². The van der Waals surface area contributed by atoms with Crippen LogP contribution in [0.2, 0.25) is 0 Å². The molecule has 1 nitrogen and oxygen atoms in total. The van der Waals surface area contributed by atoms with Gasteiger partial charge in [0.05, 0.1) is 5.69 Å². The summed E-state index contributed by atoms with van der Waals surface area (Å²) in [5.74, 6) is 0. The Balaban J connectivity index is 1.07. The molecule has 12 rings (SSSR count). The van der Waals surface area contributed by atoms with Gasteiger partial charge in [0.2, 0.25) is 0 Å². The van der Waals surface area contributed by atoms with Crippen LogP contribution in [0, 0.1) is 0 Å². The molecule has 0 amide bonds. The first-order chi connectivity index (χ1) is 32.2. The fraction of sp³-hybridized carbons (Fsp3) is 0. The van der Waals surface area contributed by atoms with Crippen LogP contribution in [0.5, 0.6) is 0 Å². The molecule has 1 heteroatoms. The Labute approximate surface area is 379 Å². The minimum atomic E-state index is 1.09. The van der Waals surface area contributed by atoms with Gasteiger partial charge in [-0.1, -0.05) is 218 Å². The van der Waals surface area contributed by atoms with Gasteiger partial charge in [0, 0.05) is 16.8 Å². The Bertz CT molecular complexity index is 3700. The number of rotatable bonds is 8. The maximum atomic E-state index is 2.45. The summed E-state index contributed by atoms with van der Waals surface area (Å²) in [6.45, 7) is 0. The zero-order valence-electron chi connectivity index (χ0n) is 35.8. The van der Waals surface area contributed by atoms with Crippen molar-refractivity contribution < 1.29 is 0 Å². The predicted octanol–water partition coefficient (Wildman–Crippen LogP) is 18.1. The average Bonchev–Trinajstić information content (AvgIpc) is 3.39. The molecule has 12 aromatic carbocycles. The number of nitrogens with zero attached hydrogens (tertiary/aromatic N) is 1. The highest BCUT2D eigenvalue weighted by Crippen LogP contribution is 2.47. The number of anilines is 3. The van der Waals surface area contributed by atoms with Gasteiger partial charge in [-0.05, 0) is 136 Å². The average molecular weight is 826 g/mol. The Morgan fingerprint density at radius 1 is 0.215 bits per heavy atom.